The number of carbonyl (C=O) groups is 3. The standard InChI is InChI=1S/C34H25ClN2O4/c35-24-15-9-16-25(20-24)37-32(38)27-28(33(37)39)30(36-19-18-21-10-7-8-17-26(21)29(27)36)34(40)41-31(22-11-3-1-4-12-22)23-13-5-2-6-14-23/h1-20,27-31H/t27-,28-,29+,30-/m0/s1. The normalized spacial score (nSPS) is 22.5. The van der Waals surface area contributed by atoms with Gasteiger partial charge in [-0.05, 0) is 46.5 Å². The van der Waals surface area contributed by atoms with Crippen LogP contribution in [-0.2, 0) is 19.1 Å². The number of amides is 2. The van der Waals surface area contributed by atoms with Gasteiger partial charge in [0.2, 0.25) is 11.8 Å². The van der Waals surface area contributed by atoms with E-state index in [0.29, 0.717) is 10.7 Å². The largest absolute Gasteiger partial charge is 0.451 e. The number of nitrogens with zero attached hydrogens (tertiary/aromatic N) is 2. The van der Waals surface area contributed by atoms with Crippen LogP contribution in [0.2, 0.25) is 5.02 Å². The van der Waals surface area contributed by atoms with Gasteiger partial charge >= 0.3 is 5.97 Å². The average molecular weight is 561 g/mol. The van der Waals surface area contributed by atoms with E-state index in [1.54, 1.807) is 24.3 Å². The highest BCUT2D eigenvalue weighted by Gasteiger charge is 2.65. The molecule has 7 rings (SSSR count). The number of rotatable bonds is 5. The summed E-state index contributed by atoms with van der Waals surface area (Å²) in [5.74, 6) is -3.03. The molecular weight excluding hydrogens is 536 g/mol. The summed E-state index contributed by atoms with van der Waals surface area (Å²) in [6.07, 6.45) is 3.06. The van der Waals surface area contributed by atoms with Crippen molar-refractivity contribution >= 4 is 41.1 Å². The van der Waals surface area contributed by atoms with Crippen LogP contribution in [0.5, 0.6) is 0 Å². The van der Waals surface area contributed by atoms with Gasteiger partial charge in [-0.25, -0.2) is 9.69 Å². The molecule has 6 nitrogen and oxygen atoms in total. The van der Waals surface area contributed by atoms with Crippen LogP contribution in [0, 0.1) is 11.8 Å². The first-order chi connectivity index (χ1) is 20.0. The summed E-state index contributed by atoms with van der Waals surface area (Å²) in [5, 5.41) is 0.414. The zero-order valence-electron chi connectivity index (χ0n) is 21.8. The maximum Gasteiger partial charge on any atom is 0.330 e. The van der Waals surface area contributed by atoms with Crippen LogP contribution in [-0.4, -0.2) is 28.7 Å². The Hall–Kier alpha value is -4.68. The van der Waals surface area contributed by atoms with E-state index in [-0.39, 0.29) is 5.91 Å². The molecule has 202 valence electrons. The monoisotopic (exact) mass is 560 g/mol. The van der Waals surface area contributed by atoms with Crippen molar-refractivity contribution in [2.75, 3.05) is 4.90 Å². The lowest BCUT2D eigenvalue weighted by molar-refractivity contribution is -0.155. The zero-order chi connectivity index (χ0) is 28.1. The van der Waals surface area contributed by atoms with E-state index in [9.17, 15) is 14.4 Å². The topological polar surface area (TPSA) is 66.9 Å². The van der Waals surface area contributed by atoms with Gasteiger partial charge in [-0.3, -0.25) is 9.59 Å². The van der Waals surface area contributed by atoms with Crippen LogP contribution >= 0.6 is 11.6 Å². The molecule has 0 aliphatic carbocycles. The van der Waals surface area contributed by atoms with Gasteiger partial charge in [-0.1, -0.05) is 103 Å². The van der Waals surface area contributed by atoms with Crippen molar-refractivity contribution in [1.29, 1.82) is 0 Å². The van der Waals surface area contributed by atoms with Crippen molar-refractivity contribution in [2.24, 2.45) is 11.8 Å². The molecule has 0 spiro atoms. The fourth-order valence-corrected chi connectivity index (χ4v) is 6.65. The second-order valence-electron chi connectivity index (χ2n) is 10.5. The molecule has 0 N–H and O–H groups in total. The number of halogens is 1. The van der Waals surface area contributed by atoms with Gasteiger partial charge < -0.3 is 9.64 Å². The van der Waals surface area contributed by atoms with E-state index in [1.165, 1.54) is 4.90 Å². The fourth-order valence-electron chi connectivity index (χ4n) is 6.47. The molecule has 0 radical (unpaired) electrons. The number of hydrogen-bond acceptors (Lipinski definition) is 5. The van der Waals surface area contributed by atoms with Crippen LogP contribution < -0.4 is 4.90 Å². The molecule has 4 aromatic rings. The van der Waals surface area contributed by atoms with E-state index < -0.39 is 41.9 Å². The molecular formula is C34H25ClN2O4. The maximum atomic E-state index is 14.3. The van der Waals surface area contributed by atoms with Crippen molar-refractivity contribution in [2.45, 2.75) is 18.2 Å². The van der Waals surface area contributed by atoms with Crippen LogP contribution in [0.15, 0.2) is 115 Å². The van der Waals surface area contributed by atoms with Gasteiger partial charge in [0.1, 0.15) is 6.04 Å². The van der Waals surface area contributed by atoms with Crippen molar-refractivity contribution < 1.29 is 19.1 Å². The lowest BCUT2D eigenvalue weighted by Gasteiger charge is -2.35. The Labute approximate surface area is 242 Å². The van der Waals surface area contributed by atoms with Gasteiger partial charge in [0.05, 0.1) is 23.6 Å². The molecule has 0 saturated carbocycles. The summed E-state index contributed by atoms with van der Waals surface area (Å²) < 4.78 is 6.28. The first kappa shape index (κ1) is 25.3. The Bertz CT molecular complexity index is 1650. The molecule has 2 amide bonds. The van der Waals surface area contributed by atoms with Crippen LogP contribution in [0.3, 0.4) is 0 Å². The van der Waals surface area contributed by atoms with Gasteiger partial charge in [-0.2, -0.15) is 0 Å². The second-order valence-corrected chi connectivity index (χ2v) is 10.9. The number of esters is 1. The van der Waals surface area contributed by atoms with E-state index in [1.807, 2.05) is 102 Å². The highest BCUT2D eigenvalue weighted by atomic mass is 35.5. The van der Waals surface area contributed by atoms with E-state index in [2.05, 4.69) is 0 Å². The van der Waals surface area contributed by atoms with Crippen molar-refractivity contribution in [3.63, 3.8) is 0 Å². The molecule has 3 aliphatic heterocycles. The minimum absolute atomic E-state index is 0.347. The Balaban J connectivity index is 1.32. The quantitative estimate of drug-likeness (QED) is 0.215. The van der Waals surface area contributed by atoms with Gasteiger partial charge in [0.15, 0.2) is 6.10 Å². The van der Waals surface area contributed by atoms with Gasteiger partial charge in [0.25, 0.3) is 0 Å². The van der Waals surface area contributed by atoms with E-state index in [4.69, 9.17) is 16.3 Å². The summed E-state index contributed by atoms with van der Waals surface area (Å²) >= 11 is 6.23. The second kappa shape index (κ2) is 10.1. The predicted octanol–water partition coefficient (Wildman–Crippen LogP) is 6.19. The number of carbonyl (C=O) groups excluding carboxylic acids is 3. The average Bonchev–Trinajstić information content (AvgIpc) is 3.48. The van der Waals surface area contributed by atoms with Gasteiger partial charge in [-0.15, -0.1) is 0 Å². The third-order valence-corrected chi connectivity index (χ3v) is 8.44. The molecule has 0 unspecified atom stereocenters. The Kier molecular flexibility index (Phi) is 6.20. The summed E-state index contributed by atoms with van der Waals surface area (Å²) in [5.41, 5.74) is 3.87. The SMILES string of the molecule is O=C(OC(c1ccccc1)c1ccccc1)[C@@H]1[C@H]2C(=O)N(c3cccc(Cl)c3)C(=O)[C@@H]2[C@H]2c3ccccc3C=CN12. The third kappa shape index (κ3) is 4.14. The fraction of sp³-hybridized carbons (Fsp3) is 0.147. The Morgan fingerprint density at radius 1 is 0.756 bits per heavy atom. The molecule has 4 atom stereocenters. The summed E-state index contributed by atoms with van der Waals surface area (Å²) in [4.78, 5) is 45.5. The highest BCUT2D eigenvalue weighted by Crippen LogP contribution is 2.53. The predicted molar refractivity (Wildman–Crippen MR) is 156 cm³/mol. The number of ether oxygens (including phenoxy) is 1. The van der Waals surface area contributed by atoms with Crippen molar-refractivity contribution in [3.05, 3.63) is 143 Å². The first-order valence-electron chi connectivity index (χ1n) is 13.5. The van der Waals surface area contributed by atoms with E-state index >= 15 is 0 Å². The molecule has 7 heteroatoms. The molecule has 0 aromatic heterocycles. The number of anilines is 1. The molecule has 4 aromatic carbocycles. The Morgan fingerprint density at radius 3 is 2.07 bits per heavy atom. The number of benzene rings is 4. The molecule has 41 heavy (non-hydrogen) atoms. The highest BCUT2D eigenvalue weighted by molar-refractivity contribution is 6.31. The summed E-state index contributed by atoms with van der Waals surface area (Å²) in [6.45, 7) is 0. The van der Waals surface area contributed by atoms with E-state index in [0.717, 1.165) is 22.3 Å². The third-order valence-electron chi connectivity index (χ3n) is 8.21. The molecule has 0 bridgehead atoms. The lowest BCUT2D eigenvalue weighted by Crippen LogP contribution is -2.45. The summed E-state index contributed by atoms with van der Waals surface area (Å²) in [6, 6.07) is 32.0. The molecule has 2 saturated heterocycles. The minimum Gasteiger partial charge on any atom is -0.451 e. The van der Waals surface area contributed by atoms with Gasteiger partial charge in [0, 0.05) is 11.2 Å². The van der Waals surface area contributed by atoms with Crippen molar-refractivity contribution in [1.82, 2.24) is 4.90 Å². The first-order valence-corrected chi connectivity index (χ1v) is 13.9. The number of imide groups is 1. The van der Waals surface area contributed by atoms with Crippen LogP contribution in [0.4, 0.5) is 5.69 Å². The lowest BCUT2D eigenvalue weighted by atomic mass is 9.84. The van der Waals surface area contributed by atoms with Crippen molar-refractivity contribution in [3.8, 4) is 0 Å². The minimum atomic E-state index is -0.995. The molecule has 3 heterocycles. The molecule has 3 aliphatic rings. The zero-order valence-corrected chi connectivity index (χ0v) is 22.6. The maximum absolute atomic E-state index is 14.3. The smallest absolute Gasteiger partial charge is 0.330 e. The number of fused-ring (bicyclic) bond motifs is 5. The van der Waals surface area contributed by atoms with Crippen LogP contribution in [0.1, 0.15) is 34.4 Å². The number of hydrogen-bond donors (Lipinski definition) is 0. The summed E-state index contributed by atoms with van der Waals surface area (Å²) in [7, 11) is 0. The Morgan fingerprint density at radius 2 is 1.39 bits per heavy atom. The molecule has 2 fully saturated rings. The van der Waals surface area contributed by atoms with Crippen LogP contribution in [0.25, 0.3) is 6.08 Å².